The number of hydrogen-bond donors (Lipinski definition) is 2. The molecular weight excluding hydrogens is 835 g/mol. The first kappa shape index (κ1) is 50.4. The quantitative estimate of drug-likeness (QED) is 0.0584. The Morgan fingerprint density at radius 2 is 1.15 bits per heavy atom. The van der Waals surface area contributed by atoms with Gasteiger partial charge >= 0.3 is 0 Å². The van der Waals surface area contributed by atoms with Gasteiger partial charge in [-0.2, -0.15) is 8.42 Å². The number of carbonyl (C=O) groups excluding carboxylic acids is 5. The second kappa shape index (κ2) is 28.5. The Kier molecular flexibility index (Phi) is 23.2. The number of nitrogens with zero attached hydrogens (tertiary/aromatic N) is 1. The number of amides is 5. The molecule has 0 saturated carbocycles. The van der Waals surface area contributed by atoms with Crippen molar-refractivity contribution in [3.05, 3.63) is 59.2 Å². The normalized spacial score (nSPS) is 15.3. The molecule has 2 aromatic carbocycles. The lowest BCUT2D eigenvalue weighted by atomic mass is 10.0. The van der Waals surface area contributed by atoms with E-state index in [-0.39, 0.29) is 60.1 Å². The van der Waals surface area contributed by atoms with Gasteiger partial charge in [-0.25, -0.2) is 0 Å². The van der Waals surface area contributed by atoms with Crippen molar-refractivity contribution in [1.29, 1.82) is 0 Å². The largest absolute Gasteiger partial charge is 0.379 e. The fraction of sp³-hybridized carbons (Fsp3) is 0.595. The van der Waals surface area contributed by atoms with Crippen LogP contribution in [-0.4, -0.2) is 161 Å². The van der Waals surface area contributed by atoms with E-state index < -0.39 is 39.8 Å². The van der Waals surface area contributed by atoms with Crippen LogP contribution in [0.5, 0.6) is 0 Å². The van der Waals surface area contributed by atoms with E-state index in [9.17, 15) is 32.4 Å². The minimum atomic E-state index is -3.80. The molecule has 1 fully saturated rings. The Balaban J connectivity index is 0.843. The zero-order valence-corrected chi connectivity index (χ0v) is 36.1. The molecule has 2 N–H and O–H groups in total. The molecule has 0 bridgehead atoms. The van der Waals surface area contributed by atoms with E-state index >= 15 is 0 Å². The van der Waals surface area contributed by atoms with E-state index in [2.05, 4.69) is 10.6 Å². The first-order valence-corrected chi connectivity index (χ1v) is 22.2. The number of piperidine rings is 1. The van der Waals surface area contributed by atoms with Gasteiger partial charge in [-0.3, -0.25) is 38.4 Å². The van der Waals surface area contributed by atoms with Crippen LogP contribution in [0, 0.1) is 6.92 Å². The Bertz CT molecular complexity index is 1830. The summed E-state index contributed by atoms with van der Waals surface area (Å²) in [6.45, 7) is 8.23. The Labute approximate surface area is 362 Å². The summed E-state index contributed by atoms with van der Waals surface area (Å²) >= 11 is 0. The number of rotatable bonds is 34. The van der Waals surface area contributed by atoms with Crippen LogP contribution in [0.2, 0.25) is 0 Å². The van der Waals surface area contributed by atoms with Crippen LogP contribution in [0.4, 0.5) is 5.69 Å². The highest BCUT2D eigenvalue weighted by Crippen LogP contribution is 2.32. The summed E-state index contributed by atoms with van der Waals surface area (Å²) in [7, 11) is -3.80. The zero-order chi connectivity index (χ0) is 44.4. The maximum Gasteiger partial charge on any atom is 0.297 e. The molecule has 1 unspecified atom stereocenters. The maximum atomic E-state index is 13.2. The summed E-state index contributed by atoms with van der Waals surface area (Å²) < 4.78 is 73.0. The molecule has 19 nitrogen and oxygen atoms in total. The van der Waals surface area contributed by atoms with Crippen molar-refractivity contribution in [1.82, 2.24) is 10.2 Å². The fourth-order valence-corrected chi connectivity index (χ4v) is 7.01. The van der Waals surface area contributed by atoms with Gasteiger partial charge in [0.15, 0.2) is 0 Å². The third-order valence-electron chi connectivity index (χ3n) is 9.31. The molecule has 344 valence electrons. The van der Waals surface area contributed by atoms with Crippen molar-refractivity contribution < 1.29 is 74.5 Å². The van der Waals surface area contributed by atoms with E-state index in [4.69, 9.17) is 42.1 Å². The molecule has 62 heavy (non-hydrogen) atoms. The summed E-state index contributed by atoms with van der Waals surface area (Å²) in [5.41, 5.74) is 1.32. The predicted octanol–water partition coefficient (Wildman–Crippen LogP) is 2.43. The summed E-state index contributed by atoms with van der Waals surface area (Å²) in [6.07, 6.45) is 2.40. The Morgan fingerprint density at radius 3 is 1.66 bits per heavy atom. The molecule has 1 saturated heterocycles. The monoisotopic (exact) mass is 893 g/mol. The molecule has 2 aliphatic heterocycles. The number of nitrogens with one attached hydrogen (secondary N) is 2. The number of imide groups is 2. The third kappa shape index (κ3) is 17.9. The number of anilines is 1. The van der Waals surface area contributed by atoms with Gasteiger partial charge in [0.2, 0.25) is 17.7 Å². The second-order valence-corrected chi connectivity index (χ2v) is 15.6. The van der Waals surface area contributed by atoms with Crippen LogP contribution in [0.1, 0.15) is 64.8 Å². The highest BCUT2D eigenvalue weighted by Gasteiger charge is 2.45. The van der Waals surface area contributed by atoms with Crippen LogP contribution in [0.25, 0.3) is 0 Å². The van der Waals surface area contributed by atoms with Crippen molar-refractivity contribution in [3.8, 4) is 0 Å². The number of unbranched alkanes of at least 4 members (excludes halogenated alkanes) is 2. The van der Waals surface area contributed by atoms with E-state index in [1.165, 1.54) is 18.2 Å². The van der Waals surface area contributed by atoms with E-state index in [0.717, 1.165) is 23.3 Å². The molecule has 2 aliphatic rings. The minimum absolute atomic E-state index is 0.0225. The van der Waals surface area contributed by atoms with Crippen molar-refractivity contribution in [2.45, 2.75) is 56.4 Å². The third-order valence-corrected chi connectivity index (χ3v) is 10.6. The lowest BCUT2D eigenvalue weighted by Crippen LogP contribution is -2.54. The number of aryl methyl sites for hydroxylation is 1. The first-order valence-electron chi connectivity index (χ1n) is 20.8. The highest BCUT2D eigenvalue weighted by molar-refractivity contribution is 7.86. The van der Waals surface area contributed by atoms with Gasteiger partial charge in [0.1, 0.15) is 6.04 Å². The molecule has 5 amide bonds. The molecule has 20 heteroatoms. The minimum Gasteiger partial charge on any atom is -0.379 e. The average Bonchev–Trinajstić information content (AvgIpc) is 3.50. The van der Waals surface area contributed by atoms with Crippen LogP contribution in [0.3, 0.4) is 0 Å². The Hall–Kier alpha value is -4.22. The number of ether oxygens (including phenoxy) is 8. The molecule has 0 aromatic heterocycles. The molecule has 0 radical (unpaired) electrons. The predicted molar refractivity (Wildman–Crippen MR) is 221 cm³/mol. The highest BCUT2D eigenvalue weighted by atomic mass is 32.2. The van der Waals surface area contributed by atoms with E-state index in [1.54, 1.807) is 24.3 Å². The number of carbonyl (C=O) groups is 5. The summed E-state index contributed by atoms with van der Waals surface area (Å²) in [5, 5.41) is 4.90. The van der Waals surface area contributed by atoms with Crippen molar-refractivity contribution >= 4 is 45.3 Å². The number of fused-ring (bicyclic) bond motifs is 1. The van der Waals surface area contributed by atoms with Gasteiger partial charge in [0, 0.05) is 19.4 Å². The SMILES string of the molecule is Cc1ccc(S(=O)(=O)OCCOCCOCCOCCOCCOCCOCCOCCOCCCCCC(=O)Nc2cccc3c2C(=O)N(C2CCC(=O)NC2=O)C3=O)cc1. The van der Waals surface area contributed by atoms with Gasteiger partial charge in [0.25, 0.3) is 21.9 Å². The van der Waals surface area contributed by atoms with Crippen LogP contribution in [-0.2, 0) is 66.6 Å². The second-order valence-electron chi connectivity index (χ2n) is 14.0. The number of hydrogen-bond acceptors (Lipinski definition) is 16. The average molecular weight is 894 g/mol. The van der Waals surface area contributed by atoms with Crippen LogP contribution >= 0.6 is 0 Å². The zero-order valence-electron chi connectivity index (χ0n) is 35.3. The van der Waals surface area contributed by atoms with Gasteiger partial charge in [-0.1, -0.05) is 30.2 Å². The molecule has 1 atom stereocenters. The maximum absolute atomic E-state index is 13.2. The lowest BCUT2D eigenvalue weighted by molar-refractivity contribution is -0.136. The molecule has 2 heterocycles. The molecule has 2 aromatic rings. The smallest absolute Gasteiger partial charge is 0.297 e. The van der Waals surface area contributed by atoms with Gasteiger partial charge in [0.05, 0.1) is 127 Å². The number of benzene rings is 2. The summed E-state index contributed by atoms with van der Waals surface area (Å²) in [5.74, 6) is -2.75. The summed E-state index contributed by atoms with van der Waals surface area (Å²) in [4.78, 5) is 63.7. The van der Waals surface area contributed by atoms with Crippen molar-refractivity contribution in [3.63, 3.8) is 0 Å². The topological polar surface area (TPSA) is 230 Å². The van der Waals surface area contributed by atoms with Gasteiger partial charge in [-0.05, 0) is 50.5 Å². The molecule has 0 spiro atoms. The van der Waals surface area contributed by atoms with Crippen LogP contribution in [0.15, 0.2) is 47.4 Å². The van der Waals surface area contributed by atoms with E-state index in [0.29, 0.717) is 106 Å². The summed E-state index contributed by atoms with van der Waals surface area (Å²) in [6, 6.07) is 9.95. The first-order chi connectivity index (χ1) is 30.1. The molecule has 4 rings (SSSR count). The van der Waals surface area contributed by atoms with Crippen molar-refractivity contribution in [2.75, 3.05) is 118 Å². The van der Waals surface area contributed by atoms with Gasteiger partial charge in [-0.15, -0.1) is 0 Å². The standard InChI is InChI=1S/C42H59N3O16S/c1-32-9-11-33(12-10-32)62(51,52)61-31-30-60-29-28-59-27-26-58-25-24-57-23-22-56-21-20-55-19-18-54-17-16-53-15-4-2-3-8-37(46)43-35-7-5-6-34-39(35)42(50)45(41(34)49)36-13-14-38(47)44-40(36)48/h5-7,9-12,36H,2-4,8,13-31H2,1H3,(H,43,46)(H,44,47,48). The van der Waals surface area contributed by atoms with Gasteiger partial charge < -0.3 is 43.2 Å². The van der Waals surface area contributed by atoms with E-state index in [1.807, 2.05) is 6.92 Å². The van der Waals surface area contributed by atoms with Crippen LogP contribution < -0.4 is 10.6 Å². The van der Waals surface area contributed by atoms with Crippen molar-refractivity contribution in [2.24, 2.45) is 0 Å². The Morgan fingerprint density at radius 1 is 0.645 bits per heavy atom. The molecular formula is C42H59N3O16S. The lowest BCUT2D eigenvalue weighted by Gasteiger charge is -2.27. The fourth-order valence-electron chi connectivity index (χ4n) is 6.12. The molecule has 0 aliphatic carbocycles.